The molecule has 1 fully saturated rings. The van der Waals surface area contributed by atoms with Gasteiger partial charge in [0.05, 0.1) is 12.3 Å². The third-order valence-corrected chi connectivity index (χ3v) is 5.93. The molecule has 158 valence electrons. The molecule has 9 heteroatoms. The predicted octanol–water partition coefficient (Wildman–Crippen LogP) is 2.42. The number of amides is 1. The van der Waals surface area contributed by atoms with Gasteiger partial charge in [0.1, 0.15) is 0 Å². The molecule has 0 N–H and O–H groups in total. The Labute approximate surface area is 175 Å². The molecule has 1 amide bonds. The van der Waals surface area contributed by atoms with Gasteiger partial charge in [-0.15, -0.1) is 10.2 Å². The number of aryl methyl sites for hydroxylation is 1. The van der Waals surface area contributed by atoms with Crippen molar-refractivity contribution in [2.45, 2.75) is 57.9 Å². The van der Waals surface area contributed by atoms with Crippen molar-refractivity contribution in [2.75, 3.05) is 19.7 Å². The summed E-state index contributed by atoms with van der Waals surface area (Å²) in [5, 5.41) is 18.0. The maximum absolute atomic E-state index is 12.9. The van der Waals surface area contributed by atoms with Crippen LogP contribution in [0.15, 0.2) is 18.2 Å². The lowest BCUT2D eigenvalue weighted by molar-refractivity contribution is 0.0703. The van der Waals surface area contributed by atoms with Gasteiger partial charge in [-0.1, -0.05) is 20.8 Å². The fourth-order valence-electron chi connectivity index (χ4n) is 4.13. The molecule has 3 aromatic rings. The lowest BCUT2D eigenvalue weighted by atomic mass is 9.92. The molecule has 30 heavy (non-hydrogen) atoms. The molecule has 0 bridgehead atoms. The maximum Gasteiger partial charge on any atom is 0.274 e. The molecule has 0 saturated carbocycles. The van der Waals surface area contributed by atoms with E-state index in [4.69, 9.17) is 9.84 Å². The summed E-state index contributed by atoms with van der Waals surface area (Å²) in [5.41, 5.74) is 2.20. The summed E-state index contributed by atoms with van der Waals surface area (Å²) in [4.78, 5) is 14.8. The van der Waals surface area contributed by atoms with E-state index >= 15 is 0 Å². The van der Waals surface area contributed by atoms with Crippen molar-refractivity contribution in [3.63, 3.8) is 0 Å². The maximum atomic E-state index is 12.9. The van der Waals surface area contributed by atoms with Crippen molar-refractivity contribution < 1.29 is 9.53 Å². The number of ether oxygens (including phenoxy) is 1. The molecule has 0 unspecified atom stereocenters. The van der Waals surface area contributed by atoms with Gasteiger partial charge in [0.2, 0.25) is 5.88 Å². The van der Waals surface area contributed by atoms with Gasteiger partial charge in [0.15, 0.2) is 17.2 Å². The average molecular weight is 409 g/mol. The first-order chi connectivity index (χ1) is 14.4. The summed E-state index contributed by atoms with van der Waals surface area (Å²) < 4.78 is 9.25. The number of aromatic nitrogens is 6. The van der Waals surface area contributed by atoms with Crippen molar-refractivity contribution in [3.8, 4) is 5.88 Å². The van der Waals surface area contributed by atoms with Crippen molar-refractivity contribution in [3.05, 3.63) is 35.4 Å². The summed E-state index contributed by atoms with van der Waals surface area (Å²) in [7, 11) is 0. The molecule has 2 aliphatic rings. The molecule has 3 aromatic heterocycles. The highest BCUT2D eigenvalue weighted by atomic mass is 16.5. The molecule has 0 aliphatic carbocycles. The number of carbonyl (C=O) groups excluding carboxylic acids is 1. The van der Waals surface area contributed by atoms with Crippen LogP contribution >= 0.6 is 0 Å². The van der Waals surface area contributed by atoms with E-state index in [-0.39, 0.29) is 17.2 Å². The van der Waals surface area contributed by atoms with E-state index in [1.165, 1.54) is 0 Å². The lowest BCUT2D eigenvalue weighted by Crippen LogP contribution is -2.38. The highest BCUT2D eigenvalue weighted by Crippen LogP contribution is 2.29. The van der Waals surface area contributed by atoms with E-state index in [1.54, 1.807) is 10.7 Å². The molecular weight excluding hydrogens is 382 g/mol. The monoisotopic (exact) mass is 409 g/mol. The van der Waals surface area contributed by atoms with Gasteiger partial charge in [-0.25, -0.2) is 4.68 Å². The van der Waals surface area contributed by atoms with Gasteiger partial charge in [-0.3, -0.25) is 4.79 Å². The molecule has 5 rings (SSSR count). The number of nitrogens with zero attached hydrogens (tertiary/aromatic N) is 7. The van der Waals surface area contributed by atoms with Crippen molar-refractivity contribution in [1.29, 1.82) is 0 Å². The molecule has 0 radical (unpaired) electrons. The Morgan fingerprint density at radius 2 is 1.90 bits per heavy atom. The molecule has 9 nitrogen and oxygen atoms in total. The molecule has 1 saturated heterocycles. The number of fused-ring (bicyclic) bond motifs is 2. The number of rotatable bonds is 2. The van der Waals surface area contributed by atoms with E-state index in [1.807, 2.05) is 21.5 Å². The first-order valence-electron chi connectivity index (χ1n) is 10.6. The lowest BCUT2D eigenvalue weighted by Gasteiger charge is -2.30. The number of carbonyl (C=O) groups is 1. The summed E-state index contributed by atoms with van der Waals surface area (Å²) in [6.07, 6.45) is 2.58. The van der Waals surface area contributed by atoms with Crippen LogP contribution in [-0.4, -0.2) is 60.1 Å². The van der Waals surface area contributed by atoms with Crippen LogP contribution in [-0.2, 0) is 12.0 Å². The zero-order chi connectivity index (χ0) is 20.9. The first kappa shape index (κ1) is 19.0. The quantitative estimate of drug-likeness (QED) is 0.646. The summed E-state index contributed by atoms with van der Waals surface area (Å²) in [6, 6.07) is 5.76. The molecule has 0 spiro atoms. The van der Waals surface area contributed by atoms with Crippen LogP contribution < -0.4 is 4.74 Å². The highest BCUT2D eigenvalue weighted by molar-refractivity contribution is 5.92. The molecule has 0 aromatic carbocycles. The van der Waals surface area contributed by atoms with Gasteiger partial charge < -0.3 is 9.64 Å². The smallest absolute Gasteiger partial charge is 0.274 e. The van der Waals surface area contributed by atoms with Gasteiger partial charge in [-0.05, 0) is 25.0 Å². The Hall–Kier alpha value is -2.97. The fourth-order valence-corrected chi connectivity index (χ4v) is 4.13. The van der Waals surface area contributed by atoms with Gasteiger partial charge in [-0.2, -0.15) is 14.7 Å². The van der Waals surface area contributed by atoms with E-state index < -0.39 is 0 Å². The number of hydrogen-bond acceptors (Lipinski definition) is 6. The van der Waals surface area contributed by atoms with E-state index in [0.29, 0.717) is 31.3 Å². The zero-order valence-electron chi connectivity index (χ0n) is 17.7. The average Bonchev–Trinajstić information content (AvgIpc) is 3.36. The van der Waals surface area contributed by atoms with Crippen LogP contribution in [0.5, 0.6) is 5.88 Å². The summed E-state index contributed by atoms with van der Waals surface area (Å²) in [6.45, 7) is 9.26. The summed E-state index contributed by atoms with van der Waals surface area (Å²) in [5.74, 6) is 1.77. The first-order valence-corrected chi connectivity index (χ1v) is 10.6. The third-order valence-electron chi connectivity index (χ3n) is 5.93. The Kier molecular flexibility index (Phi) is 4.48. The standard InChI is InChI=1S/C21H27N7O2/c1-21(2,3)16-5-6-17-22-23-19(28(17)25-16)14-7-10-26(11-8-14)20(29)15-13-18-27(24-15)9-4-12-30-18/h5-6,13-14H,4,7-12H2,1-3H3. The summed E-state index contributed by atoms with van der Waals surface area (Å²) >= 11 is 0. The predicted molar refractivity (Wildman–Crippen MR) is 110 cm³/mol. The fraction of sp³-hybridized carbons (Fsp3) is 0.571. The minimum Gasteiger partial charge on any atom is -0.478 e. The second-order valence-corrected chi connectivity index (χ2v) is 9.16. The van der Waals surface area contributed by atoms with Crippen LogP contribution in [0.4, 0.5) is 0 Å². The molecule has 2 aliphatic heterocycles. The van der Waals surface area contributed by atoms with Gasteiger partial charge in [0, 0.05) is 43.5 Å². The number of piperidine rings is 1. The Morgan fingerprint density at radius 1 is 1.10 bits per heavy atom. The van der Waals surface area contributed by atoms with Gasteiger partial charge >= 0.3 is 0 Å². The van der Waals surface area contributed by atoms with Crippen LogP contribution in [0.25, 0.3) is 5.65 Å². The SMILES string of the molecule is CC(C)(C)c1ccc2nnc(C3CCN(C(=O)c4cc5n(n4)CCCO5)CC3)n2n1. The normalized spacial score (nSPS) is 17.8. The van der Waals surface area contributed by atoms with Crippen LogP contribution in [0.3, 0.4) is 0 Å². The molecule has 0 atom stereocenters. The van der Waals surface area contributed by atoms with Gasteiger partial charge in [0.25, 0.3) is 5.91 Å². The topological polar surface area (TPSA) is 90.4 Å². The Morgan fingerprint density at radius 3 is 2.63 bits per heavy atom. The van der Waals surface area contributed by atoms with Crippen LogP contribution in [0.2, 0.25) is 0 Å². The van der Waals surface area contributed by atoms with Crippen LogP contribution in [0, 0.1) is 0 Å². The number of likely N-dealkylation sites (tertiary alicyclic amines) is 1. The van der Waals surface area contributed by atoms with Crippen molar-refractivity contribution in [2.24, 2.45) is 0 Å². The zero-order valence-corrected chi connectivity index (χ0v) is 17.7. The number of hydrogen-bond donors (Lipinski definition) is 0. The Balaban J connectivity index is 1.31. The highest BCUT2D eigenvalue weighted by Gasteiger charge is 2.30. The Bertz CT molecular complexity index is 1060. The molecular formula is C21H27N7O2. The minimum atomic E-state index is -0.0427. The van der Waals surface area contributed by atoms with Crippen molar-refractivity contribution in [1.82, 2.24) is 34.5 Å². The second-order valence-electron chi connectivity index (χ2n) is 9.16. The minimum absolute atomic E-state index is 0.0294. The van der Waals surface area contributed by atoms with E-state index in [2.05, 4.69) is 36.1 Å². The largest absolute Gasteiger partial charge is 0.478 e. The second kappa shape index (κ2) is 7.07. The third kappa shape index (κ3) is 3.32. The van der Waals surface area contributed by atoms with E-state index in [9.17, 15) is 4.79 Å². The molecule has 5 heterocycles. The van der Waals surface area contributed by atoms with Crippen molar-refractivity contribution >= 4 is 11.6 Å². The van der Waals surface area contributed by atoms with Crippen LogP contribution in [0.1, 0.15) is 68.0 Å². The van der Waals surface area contributed by atoms with E-state index in [0.717, 1.165) is 43.0 Å².